The van der Waals surface area contributed by atoms with E-state index in [9.17, 15) is 9.18 Å². The van der Waals surface area contributed by atoms with Crippen LogP contribution in [0, 0.1) is 12.7 Å². The molecular formula is C16H16ClFN2O. The minimum absolute atomic E-state index is 0.235. The van der Waals surface area contributed by atoms with Crippen molar-refractivity contribution in [3.05, 3.63) is 63.9 Å². The number of hydrogen-bond donors (Lipinski definition) is 2. The fraction of sp³-hybridized carbons (Fsp3) is 0.188. The van der Waals surface area contributed by atoms with Crippen LogP contribution < -0.4 is 10.6 Å². The van der Waals surface area contributed by atoms with E-state index < -0.39 is 0 Å². The molecular weight excluding hydrogens is 291 g/mol. The fourth-order valence-corrected chi connectivity index (χ4v) is 2.20. The molecule has 0 aliphatic rings. The van der Waals surface area contributed by atoms with Crippen LogP contribution in [0.5, 0.6) is 0 Å². The van der Waals surface area contributed by atoms with Crippen LogP contribution >= 0.6 is 11.6 Å². The van der Waals surface area contributed by atoms with Gasteiger partial charge in [-0.2, -0.15) is 0 Å². The standard InChI is InChI=1S/C16H16ClFN2O/c1-10-7-12(18)4-3-11(10)9-20-13-5-6-15(17)14(8-13)16(21)19-2/h3-8,20H,9H2,1-2H3,(H,19,21). The van der Waals surface area contributed by atoms with Crippen LogP contribution in [0.15, 0.2) is 36.4 Å². The highest BCUT2D eigenvalue weighted by Gasteiger charge is 2.09. The lowest BCUT2D eigenvalue weighted by atomic mass is 10.1. The molecule has 0 heterocycles. The zero-order valence-corrected chi connectivity index (χ0v) is 12.6. The lowest BCUT2D eigenvalue weighted by Gasteiger charge is -2.11. The third kappa shape index (κ3) is 3.73. The van der Waals surface area contributed by atoms with Crippen molar-refractivity contribution < 1.29 is 9.18 Å². The van der Waals surface area contributed by atoms with Crippen molar-refractivity contribution in [1.82, 2.24) is 5.32 Å². The molecule has 21 heavy (non-hydrogen) atoms. The van der Waals surface area contributed by atoms with Crippen molar-refractivity contribution in [2.24, 2.45) is 0 Å². The van der Waals surface area contributed by atoms with E-state index in [0.717, 1.165) is 16.8 Å². The highest BCUT2D eigenvalue weighted by atomic mass is 35.5. The first-order valence-corrected chi connectivity index (χ1v) is 6.89. The van der Waals surface area contributed by atoms with E-state index in [-0.39, 0.29) is 11.7 Å². The highest BCUT2D eigenvalue weighted by molar-refractivity contribution is 6.34. The number of amides is 1. The van der Waals surface area contributed by atoms with Gasteiger partial charge in [0.15, 0.2) is 0 Å². The summed E-state index contributed by atoms with van der Waals surface area (Å²) in [4.78, 5) is 11.7. The first-order chi connectivity index (χ1) is 10.0. The van der Waals surface area contributed by atoms with Crippen LogP contribution in [-0.4, -0.2) is 13.0 Å². The minimum Gasteiger partial charge on any atom is -0.381 e. The van der Waals surface area contributed by atoms with Gasteiger partial charge < -0.3 is 10.6 Å². The predicted molar refractivity (Wildman–Crippen MR) is 83.3 cm³/mol. The second kappa shape index (κ2) is 6.59. The second-order valence-corrected chi connectivity index (χ2v) is 5.11. The van der Waals surface area contributed by atoms with E-state index in [4.69, 9.17) is 11.6 Å². The van der Waals surface area contributed by atoms with Gasteiger partial charge in [0.05, 0.1) is 10.6 Å². The Labute approximate surface area is 128 Å². The van der Waals surface area contributed by atoms with E-state index in [0.29, 0.717) is 17.1 Å². The van der Waals surface area contributed by atoms with Gasteiger partial charge in [0, 0.05) is 19.3 Å². The molecule has 0 radical (unpaired) electrons. The molecule has 0 spiro atoms. The summed E-state index contributed by atoms with van der Waals surface area (Å²) in [5.74, 6) is -0.480. The summed E-state index contributed by atoms with van der Waals surface area (Å²) in [6.45, 7) is 2.40. The molecule has 2 aromatic carbocycles. The van der Waals surface area contributed by atoms with E-state index >= 15 is 0 Å². The fourth-order valence-electron chi connectivity index (χ4n) is 2.00. The van der Waals surface area contributed by atoms with Crippen LogP contribution in [0.3, 0.4) is 0 Å². The molecule has 0 aliphatic heterocycles. The number of carbonyl (C=O) groups excluding carboxylic acids is 1. The van der Waals surface area contributed by atoms with Gasteiger partial charge >= 0.3 is 0 Å². The normalized spacial score (nSPS) is 10.3. The Balaban J connectivity index is 2.15. The summed E-state index contributed by atoms with van der Waals surface area (Å²) in [7, 11) is 1.56. The van der Waals surface area contributed by atoms with E-state index in [1.54, 1.807) is 31.3 Å². The second-order valence-electron chi connectivity index (χ2n) is 4.70. The third-order valence-electron chi connectivity index (χ3n) is 3.23. The monoisotopic (exact) mass is 306 g/mol. The molecule has 2 aromatic rings. The summed E-state index contributed by atoms with van der Waals surface area (Å²) in [6.07, 6.45) is 0. The molecule has 0 unspecified atom stereocenters. The molecule has 0 saturated heterocycles. The molecule has 2 N–H and O–H groups in total. The molecule has 0 aliphatic carbocycles. The number of hydrogen-bond acceptors (Lipinski definition) is 2. The van der Waals surface area contributed by atoms with Crippen LogP contribution in [0.4, 0.5) is 10.1 Å². The quantitative estimate of drug-likeness (QED) is 0.903. The highest BCUT2D eigenvalue weighted by Crippen LogP contribution is 2.21. The summed E-state index contributed by atoms with van der Waals surface area (Å²) in [5, 5.41) is 6.15. The number of halogens is 2. The Morgan fingerprint density at radius 3 is 2.67 bits per heavy atom. The first-order valence-electron chi connectivity index (χ1n) is 6.52. The van der Waals surface area contributed by atoms with Gasteiger partial charge in [-0.3, -0.25) is 4.79 Å². The topological polar surface area (TPSA) is 41.1 Å². The number of nitrogens with one attached hydrogen (secondary N) is 2. The zero-order valence-electron chi connectivity index (χ0n) is 11.8. The number of anilines is 1. The van der Waals surface area contributed by atoms with Gasteiger partial charge in [0.25, 0.3) is 5.91 Å². The molecule has 1 amide bonds. The average Bonchev–Trinajstić information content (AvgIpc) is 2.47. The maximum Gasteiger partial charge on any atom is 0.252 e. The molecule has 2 rings (SSSR count). The lowest BCUT2D eigenvalue weighted by molar-refractivity contribution is 0.0963. The number of aryl methyl sites for hydroxylation is 1. The Morgan fingerprint density at radius 2 is 2.00 bits per heavy atom. The van der Waals surface area contributed by atoms with Crippen LogP contribution in [0.25, 0.3) is 0 Å². The Kier molecular flexibility index (Phi) is 4.81. The molecule has 3 nitrogen and oxygen atoms in total. The van der Waals surface area contributed by atoms with Gasteiger partial charge in [-0.1, -0.05) is 17.7 Å². The third-order valence-corrected chi connectivity index (χ3v) is 3.56. The SMILES string of the molecule is CNC(=O)c1cc(NCc2ccc(F)cc2C)ccc1Cl. The van der Waals surface area contributed by atoms with Crippen LogP contribution in [0.2, 0.25) is 5.02 Å². The lowest BCUT2D eigenvalue weighted by Crippen LogP contribution is -2.18. The molecule has 0 bridgehead atoms. The average molecular weight is 307 g/mol. The van der Waals surface area contributed by atoms with Crippen molar-refractivity contribution in [3.63, 3.8) is 0 Å². The van der Waals surface area contributed by atoms with Gasteiger partial charge in [-0.15, -0.1) is 0 Å². The van der Waals surface area contributed by atoms with Gasteiger partial charge in [-0.25, -0.2) is 4.39 Å². The van der Waals surface area contributed by atoms with Crippen molar-refractivity contribution >= 4 is 23.2 Å². The maximum absolute atomic E-state index is 13.1. The summed E-state index contributed by atoms with van der Waals surface area (Å²) in [5.41, 5.74) is 3.07. The molecule has 110 valence electrons. The van der Waals surface area contributed by atoms with E-state index in [2.05, 4.69) is 10.6 Å². The minimum atomic E-state index is -0.246. The number of benzene rings is 2. The van der Waals surface area contributed by atoms with Gasteiger partial charge in [-0.05, 0) is 48.4 Å². The van der Waals surface area contributed by atoms with Gasteiger partial charge in [0.2, 0.25) is 0 Å². The van der Waals surface area contributed by atoms with E-state index in [1.807, 2.05) is 6.92 Å². The Morgan fingerprint density at radius 1 is 1.24 bits per heavy atom. The molecule has 5 heteroatoms. The van der Waals surface area contributed by atoms with Crippen LogP contribution in [0.1, 0.15) is 21.5 Å². The molecule has 0 fully saturated rings. The Bertz CT molecular complexity index is 673. The van der Waals surface area contributed by atoms with Crippen molar-refractivity contribution in [2.75, 3.05) is 12.4 Å². The molecule has 0 aromatic heterocycles. The molecule has 0 saturated carbocycles. The number of rotatable bonds is 4. The Hall–Kier alpha value is -2.07. The zero-order chi connectivity index (χ0) is 15.4. The van der Waals surface area contributed by atoms with Gasteiger partial charge in [0.1, 0.15) is 5.82 Å². The first kappa shape index (κ1) is 15.3. The largest absolute Gasteiger partial charge is 0.381 e. The predicted octanol–water partition coefficient (Wildman–Crippen LogP) is 3.76. The smallest absolute Gasteiger partial charge is 0.252 e. The number of carbonyl (C=O) groups is 1. The van der Waals surface area contributed by atoms with E-state index in [1.165, 1.54) is 12.1 Å². The molecule has 0 atom stereocenters. The van der Waals surface area contributed by atoms with Crippen molar-refractivity contribution in [3.8, 4) is 0 Å². The van der Waals surface area contributed by atoms with Crippen molar-refractivity contribution in [1.29, 1.82) is 0 Å². The summed E-state index contributed by atoms with van der Waals surface area (Å²) >= 11 is 6.00. The summed E-state index contributed by atoms with van der Waals surface area (Å²) in [6, 6.07) is 9.84. The van der Waals surface area contributed by atoms with Crippen LogP contribution in [-0.2, 0) is 6.54 Å². The maximum atomic E-state index is 13.1. The summed E-state index contributed by atoms with van der Waals surface area (Å²) < 4.78 is 13.1. The van der Waals surface area contributed by atoms with Crippen molar-refractivity contribution in [2.45, 2.75) is 13.5 Å².